The fraction of sp³-hybridized carbons (Fsp3) is 0.190. The van der Waals surface area contributed by atoms with Gasteiger partial charge in [-0.15, -0.1) is 30.7 Å². The lowest BCUT2D eigenvalue weighted by Gasteiger charge is -2.18. The number of fused-ring (bicyclic) bond motifs is 1. The summed E-state index contributed by atoms with van der Waals surface area (Å²) in [5, 5.41) is 39.1. The van der Waals surface area contributed by atoms with Crippen LogP contribution in [0.25, 0.3) is 10.9 Å². The van der Waals surface area contributed by atoms with Gasteiger partial charge in [-0.05, 0) is 43.6 Å². The largest absolute Gasteiger partial charge is 0.504 e. The molecule has 0 aliphatic heterocycles. The van der Waals surface area contributed by atoms with Crippen molar-refractivity contribution in [2.75, 3.05) is 19.0 Å². The first-order valence-electron chi connectivity index (χ1n) is 10.7. The smallest absolute Gasteiger partial charge is 0.249 e. The molecule has 0 atom stereocenters. The minimum atomic E-state index is -0.225. The maximum Gasteiger partial charge on any atom is 0.249 e. The van der Waals surface area contributed by atoms with Crippen molar-refractivity contribution in [3.8, 4) is 5.75 Å². The molecule has 3 heterocycles. The predicted octanol–water partition coefficient (Wildman–Crippen LogP) is 7.63. The van der Waals surface area contributed by atoms with E-state index in [2.05, 4.69) is 53.8 Å². The molecule has 3 aromatic heterocycles. The molecule has 37 heavy (non-hydrogen) atoms. The Labute approximate surface area is 222 Å². The second kappa shape index (κ2) is 10.5. The molecule has 0 aliphatic carbocycles. The van der Waals surface area contributed by atoms with Crippen LogP contribution < -0.4 is 4.90 Å². The molecule has 0 spiro atoms. The Morgan fingerprint density at radius 3 is 2.05 bits per heavy atom. The first-order valence-corrected chi connectivity index (χ1v) is 13.0. The number of benzene rings is 2. The van der Waals surface area contributed by atoms with Gasteiger partial charge < -0.3 is 10.0 Å². The van der Waals surface area contributed by atoms with E-state index in [-0.39, 0.29) is 17.1 Å². The molecule has 0 aliphatic rings. The zero-order valence-corrected chi connectivity index (χ0v) is 22.4. The lowest BCUT2D eigenvalue weighted by Crippen LogP contribution is -2.09. The third kappa shape index (κ3) is 5.35. The molecule has 0 radical (unpaired) electrons. The van der Waals surface area contributed by atoms with Gasteiger partial charge >= 0.3 is 0 Å². The number of phenols is 1. The molecule has 0 unspecified atom stereocenters. The normalized spacial score (nSPS) is 12.1. The van der Waals surface area contributed by atoms with Crippen molar-refractivity contribution >= 4 is 83.5 Å². The Morgan fingerprint density at radius 2 is 1.41 bits per heavy atom. The number of aromatic nitrogens is 5. The van der Waals surface area contributed by atoms with Crippen LogP contribution in [0.3, 0.4) is 0 Å². The maximum absolute atomic E-state index is 11.2. The lowest BCUT2D eigenvalue weighted by molar-refractivity contribution is 0.477. The number of phenolic OH excluding ortho intramolecular Hbond substituents is 1. The number of rotatable bonds is 7. The summed E-state index contributed by atoms with van der Waals surface area (Å²) in [6.07, 6.45) is 0. The Hall–Kier alpha value is -4.15. The van der Waals surface area contributed by atoms with Crippen LogP contribution in [0, 0.1) is 13.8 Å². The lowest BCUT2D eigenvalue weighted by atomic mass is 10.1. The zero-order chi connectivity index (χ0) is 25.9. The van der Waals surface area contributed by atoms with Gasteiger partial charge in [0.2, 0.25) is 10.3 Å². The minimum absolute atomic E-state index is 0.130. The van der Waals surface area contributed by atoms with Gasteiger partial charge in [0.1, 0.15) is 23.0 Å². The molecule has 0 saturated carbocycles. The number of nitrogens with zero attached hydrogens (tertiary/aromatic N) is 12. The number of aromatic hydroxyl groups is 1. The van der Waals surface area contributed by atoms with Crippen molar-refractivity contribution in [3.05, 3.63) is 42.0 Å². The fourth-order valence-electron chi connectivity index (χ4n) is 3.20. The number of anilines is 1. The summed E-state index contributed by atoms with van der Waals surface area (Å²) in [4.78, 5) is 10.2. The highest BCUT2D eigenvalue weighted by atomic mass is 32.1. The summed E-state index contributed by atoms with van der Waals surface area (Å²) in [5.74, 6) is 0.958. The van der Waals surface area contributed by atoms with Crippen molar-refractivity contribution in [3.63, 3.8) is 0 Å². The maximum atomic E-state index is 11.2. The molecule has 5 aromatic rings. The molecule has 1 N–H and O–H groups in total. The molecule has 2 aromatic carbocycles. The van der Waals surface area contributed by atoms with E-state index in [4.69, 9.17) is 0 Å². The molecule has 0 bridgehead atoms. The fourth-order valence-corrected chi connectivity index (χ4v) is 4.90. The van der Waals surface area contributed by atoms with Gasteiger partial charge in [-0.3, -0.25) is 0 Å². The summed E-state index contributed by atoms with van der Waals surface area (Å²) < 4.78 is 12.6. The molecule has 0 saturated heterocycles. The van der Waals surface area contributed by atoms with Gasteiger partial charge in [-0.1, -0.05) is 12.1 Å². The van der Waals surface area contributed by atoms with E-state index in [1.807, 2.05) is 24.3 Å². The van der Waals surface area contributed by atoms with Gasteiger partial charge in [0, 0.05) is 42.5 Å². The highest BCUT2D eigenvalue weighted by molar-refractivity contribution is 7.11. The molecule has 16 heteroatoms. The summed E-state index contributed by atoms with van der Waals surface area (Å²) in [7, 11) is 3.59. The van der Waals surface area contributed by atoms with E-state index in [1.54, 1.807) is 38.9 Å². The first-order chi connectivity index (χ1) is 17.9. The Bertz CT molecular complexity index is 1670. The van der Waals surface area contributed by atoms with Gasteiger partial charge in [0.15, 0.2) is 16.4 Å². The summed E-state index contributed by atoms with van der Waals surface area (Å²) in [5.41, 5.74) is 1.92. The molecule has 0 fully saturated rings. The van der Waals surface area contributed by atoms with Crippen LogP contribution >= 0.6 is 34.6 Å². The first kappa shape index (κ1) is 24.5. The second-order valence-electron chi connectivity index (χ2n) is 7.71. The van der Waals surface area contributed by atoms with Crippen molar-refractivity contribution in [1.29, 1.82) is 0 Å². The van der Waals surface area contributed by atoms with Crippen LogP contribution in [0.2, 0.25) is 0 Å². The average Bonchev–Trinajstić information content (AvgIpc) is 3.61. The minimum Gasteiger partial charge on any atom is -0.504 e. The SMILES string of the molecule is Cc1nsc(N=Nc2cc(N=Nc3snc4ccccc34)c(O)c(N=Nc3nc(C)ns3)c2N(C)C)n1. The molecule has 13 nitrogen and oxygen atoms in total. The van der Waals surface area contributed by atoms with E-state index >= 15 is 0 Å². The summed E-state index contributed by atoms with van der Waals surface area (Å²) in [6.45, 7) is 3.53. The Balaban J connectivity index is 1.63. The zero-order valence-electron chi connectivity index (χ0n) is 19.9. The van der Waals surface area contributed by atoms with Gasteiger partial charge in [-0.25, -0.2) is 9.97 Å². The number of aryl methyl sites for hydroxylation is 2. The predicted molar refractivity (Wildman–Crippen MR) is 144 cm³/mol. The van der Waals surface area contributed by atoms with Crippen LogP contribution in [0.4, 0.5) is 38.0 Å². The van der Waals surface area contributed by atoms with E-state index in [0.29, 0.717) is 38.3 Å². The molecular weight excluding hydrogens is 533 g/mol. The monoisotopic (exact) mass is 550 g/mol. The van der Waals surface area contributed by atoms with E-state index in [0.717, 1.165) is 34.0 Å². The van der Waals surface area contributed by atoms with Crippen molar-refractivity contribution in [1.82, 2.24) is 23.1 Å². The number of hydrogen-bond donors (Lipinski definition) is 1. The quantitative estimate of drug-likeness (QED) is 0.203. The van der Waals surface area contributed by atoms with Crippen LogP contribution in [0.1, 0.15) is 11.6 Å². The standard InChI is InChI=1S/C21H18N12OS3/c1-10-22-20(36-30-10)28-24-14-9-15(25-27-19-12-7-5-6-8-13(12)32-35-19)18(34)16(17(14)33(3)4)26-29-21-23-11(2)31-37-21/h5-9,34H,1-4H3. The highest BCUT2D eigenvalue weighted by Gasteiger charge is 2.21. The van der Waals surface area contributed by atoms with Crippen molar-refractivity contribution < 1.29 is 5.11 Å². The number of hydrogen-bond acceptors (Lipinski definition) is 16. The molecule has 0 amide bonds. The van der Waals surface area contributed by atoms with Crippen LogP contribution in [0.15, 0.2) is 61.0 Å². The third-order valence-electron chi connectivity index (χ3n) is 4.78. The molecule has 5 rings (SSSR count). The van der Waals surface area contributed by atoms with E-state index < -0.39 is 0 Å². The average molecular weight is 551 g/mol. The second-order valence-corrected chi connectivity index (χ2v) is 9.92. The van der Waals surface area contributed by atoms with Crippen LogP contribution in [-0.2, 0) is 0 Å². The van der Waals surface area contributed by atoms with Crippen molar-refractivity contribution in [2.24, 2.45) is 30.7 Å². The molecule has 186 valence electrons. The Morgan fingerprint density at radius 1 is 0.757 bits per heavy atom. The van der Waals surface area contributed by atoms with Gasteiger partial charge in [0.05, 0.1) is 11.2 Å². The van der Waals surface area contributed by atoms with E-state index in [1.165, 1.54) is 11.5 Å². The summed E-state index contributed by atoms with van der Waals surface area (Å²) in [6, 6.07) is 9.19. The third-order valence-corrected chi connectivity index (χ3v) is 6.93. The van der Waals surface area contributed by atoms with Gasteiger partial charge in [-0.2, -0.15) is 13.1 Å². The van der Waals surface area contributed by atoms with Crippen LogP contribution in [-0.4, -0.2) is 42.3 Å². The van der Waals surface area contributed by atoms with Crippen LogP contribution in [0.5, 0.6) is 5.75 Å². The van der Waals surface area contributed by atoms with Crippen molar-refractivity contribution in [2.45, 2.75) is 13.8 Å². The topological polar surface area (TPSA) is 162 Å². The highest BCUT2D eigenvalue weighted by Crippen LogP contribution is 2.50. The van der Waals surface area contributed by atoms with Gasteiger partial charge in [0.25, 0.3) is 0 Å². The number of azo groups is 3. The Kier molecular flexibility index (Phi) is 6.93. The summed E-state index contributed by atoms with van der Waals surface area (Å²) >= 11 is 3.44. The molecular formula is C21H18N12OS3. The van der Waals surface area contributed by atoms with E-state index in [9.17, 15) is 5.11 Å².